The molecule has 1 saturated carbocycles. The van der Waals surface area contributed by atoms with Crippen molar-refractivity contribution in [3.05, 3.63) is 28.7 Å². The van der Waals surface area contributed by atoms with Gasteiger partial charge in [0.15, 0.2) is 5.82 Å². The number of aromatic nitrogens is 4. The van der Waals surface area contributed by atoms with Gasteiger partial charge in [0.05, 0.1) is 11.3 Å². The number of carbonyl (C=O) groups excluding carboxylic acids is 1. The number of nitrogens with zero attached hydrogens (tertiary/aromatic N) is 5. The Balaban J connectivity index is 1.49. The third-order valence-corrected chi connectivity index (χ3v) is 5.97. The third-order valence-electron chi connectivity index (χ3n) is 5.97. The Kier molecular flexibility index (Phi) is 4.54. The smallest absolute Gasteiger partial charge is 0.257 e. The summed E-state index contributed by atoms with van der Waals surface area (Å²) in [5.41, 5.74) is 2.45. The van der Waals surface area contributed by atoms with E-state index >= 15 is 0 Å². The van der Waals surface area contributed by atoms with E-state index in [2.05, 4.69) is 15.2 Å². The molecule has 140 valence electrons. The first kappa shape index (κ1) is 17.2. The van der Waals surface area contributed by atoms with Gasteiger partial charge in [0, 0.05) is 37.7 Å². The van der Waals surface area contributed by atoms with Gasteiger partial charge < -0.3 is 9.42 Å². The van der Waals surface area contributed by atoms with Crippen molar-refractivity contribution < 1.29 is 9.32 Å². The molecule has 26 heavy (non-hydrogen) atoms. The number of hydrogen-bond acceptors (Lipinski definition) is 5. The van der Waals surface area contributed by atoms with Crippen LogP contribution in [0.5, 0.6) is 0 Å². The first-order valence-electron chi connectivity index (χ1n) is 9.68. The molecule has 4 rings (SSSR count). The molecule has 1 unspecified atom stereocenters. The summed E-state index contributed by atoms with van der Waals surface area (Å²) in [6.45, 7) is 4.63. The Morgan fingerprint density at radius 2 is 1.96 bits per heavy atom. The molecule has 0 N–H and O–H groups in total. The van der Waals surface area contributed by atoms with E-state index in [4.69, 9.17) is 4.52 Å². The Hall–Kier alpha value is -2.18. The Labute approximate surface area is 153 Å². The zero-order valence-electron chi connectivity index (χ0n) is 15.9. The van der Waals surface area contributed by atoms with E-state index in [1.54, 1.807) is 4.68 Å². The first-order chi connectivity index (χ1) is 12.5. The molecule has 3 heterocycles. The van der Waals surface area contributed by atoms with Crippen LogP contribution in [0.2, 0.25) is 0 Å². The van der Waals surface area contributed by atoms with Gasteiger partial charge in [-0.2, -0.15) is 10.1 Å². The molecule has 0 bridgehead atoms. The van der Waals surface area contributed by atoms with Crippen LogP contribution >= 0.6 is 0 Å². The molecule has 2 aliphatic rings. The fourth-order valence-electron chi connectivity index (χ4n) is 4.44. The van der Waals surface area contributed by atoms with Crippen LogP contribution in [0.3, 0.4) is 0 Å². The highest BCUT2D eigenvalue weighted by Gasteiger charge is 2.33. The molecule has 1 saturated heterocycles. The Morgan fingerprint density at radius 3 is 2.65 bits per heavy atom. The molecule has 1 amide bonds. The molecule has 0 radical (unpaired) electrons. The quantitative estimate of drug-likeness (QED) is 0.841. The van der Waals surface area contributed by atoms with Crippen LogP contribution < -0.4 is 0 Å². The Bertz CT molecular complexity index is 803. The fraction of sp³-hybridized carbons (Fsp3) is 0.684. The van der Waals surface area contributed by atoms with Crippen molar-refractivity contribution in [3.63, 3.8) is 0 Å². The van der Waals surface area contributed by atoms with Crippen LogP contribution in [0.25, 0.3) is 0 Å². The molecule has 2 aromatic rings. The maximum Gasteiger partial charge on any atom is 0.257 e. The van der Waals surface area contributed by atoms with Gasteiger partial charge in [-0.05, 0) is 39.5 Å². The number of hydrogen-bond donors (Lipinski definition) is 0. The lowest BCUT2D eigenvalue weighted by molar-refractivity contribution is 0.0733. The SMILES string of the molecule is Cc1nn(C)c(C)c1C(=O)N1CCCC1Cc1noc(C2CCCC2)n1. The van der Waals surface area contributed by atoms with Crippen molar-refractivity contribution >= 4 is 5.91 Å². The van der Waals surface area contributed by atoms with E-state index < -0.39 is 0 Å². The zero-order chi connectivity index (χ0) is 18.3. The molecule has 7 nitrogen and oxygen atoms in total. The van der Waals surface area contributed by atoms with Gasteiger partial charge in [-0.1, -0.05) is 18.0 Å². The lowest BCUT2D eigenvalue weighted by atomic mass is 10.1. The van der Waals surface area contributed by atoms with Crippen LogP contribution in [0.4, 0.5) is 0 Å². The molecule has 1 aliphatic heterocycles. The van der Waals surface area contributed by atoms with Crippen molar-refractivity contribution in [2.75, 3.05) is 6.54 Å². The topological polar surface area (TPSA) is 77.0 Å². The summed E-state index contributed by atoms with van der Waals surface area (Å²) < 4.78 is 7.28. The van der Waals surface area contributed by atoms with Crippen molar-refractivity contribution in [2.45, 2.75) is 70.8 Å². The van der Waals surface area contributed by atoms with Gasteiger partial charge in [0.2, 0.25) is 5.89 Å². The van der Waals surface area contributed by atoms with Crippen molar-refractivity contribution in [3.8, 4) is 0 Å². The second kappa shape index (κ2) is 6.85. The number of rotatable bonds is 4. The second-order valence-corrected chi connectivity index (χ2v) is 7.70. The lowest BCUT2D eigenvalue weighted by Crippen LogP contribution is -2.37. The predicted octanol–water partition coefficient (Wildman–Crippen LogP) is 2.92. The molecule has 2 fully saturated rings. The van der Waals surface area contributed by atoms with Crippen LogP contribution in [0.15, 0.2) is 4.52 Å². The van der Waals surface area contributed by atoms with Gasteiger partial charge >= 0.3 is 0 Å². The highest BCUT2D eigenvalue weighted by atomic mass is 16.5. The largest absolute Gasteiger partial charge is 0.339 e. The summed E-state index contributed by atoms with van der Waals surface area (Å²) in [4.78, 5) is 19.7. The molecule has 2 aromatic heterocycles. The Morgan fingerprint density at radius 1 is 1.19 bits per heavy atom. The zero-order valence-corrected chi connectivity index (χ0v) is 15.9. The highest BCUT2D eigenvalue weighted by molar-refractivity contribution is 5.96. The standard InChI is InChI=1S/C19H27N5O2/c1-12-17(13(2)23(3)21-12)19(25)24-10-6-9-15(24)11-16-20-18(26-22-16)14-7-4-5-8-14/h14-15H,4-11H2,1-3H3. The van der Waals surface area contributed by atoms with Crippen LogP contribution in [0, 0.1) is 13.8 Å². The molecular formula is C19H27N5O2. The number of amides is 1. The van der Waals surface area contributed by atoms with E-state index in [0.717, 1.165) is 60.9 Å². The van der Waals surface area contributed by atoms with Crippen molar-refractivity contribution in [2.24, 2.45) is 7.05 Å². The molecule has 7 heteroatoms. The maximum atomic E-state index is 13.1. The summed E-state index contributed by atoms with van der Waals surface area (Å²) in [6, 6.07) is 0.135. The number of aryl methyl sites for hydroxylation is 2. The molecule has 0 aromatic carbocycles. The summed E-state index contributed by atoms with van der Waals surface area (Å²) in [7, 11) is 1.88. The minimum Gasteiger partial charge on any atom is -0.339 e. The third kappa shape index (κ3) is 3.04. The van der Waals surface area contributed by atoms with Crippen LogP contribution in [-0.2, 0) is 13.5 Å². The van der Waals surface area contributed by atoms with E-state index in [1.165, 1.54) is 12.8 Å². The molecule has 1 atom stereocenters. The minimum atomic E-state index is 0.0788. The van der Waals surface area contributed by atoms with Gasteiger partial charge in [-0.25, -0.2) is 0 Å². The van der Waals surface area contributed by atoms with E-state index in [1.807, 2.05) is 25.8 Å². The summed E-state index contributed by atoms with van der Waals surface area (Å²) >= 11 is 0. The monoisotopic (exact) mass is 357 g/mol. The molecule has 1 aliphatic carbocycles. The van der Waals surface area contributed by atoms with Gasteiger partial charge in [-0.3, -0.25) is 9.48 Å². The minimum absolute atomic E-state index is 0.0788. The van der Waals surface area contributed by atoms with Crippen LogP contribution in [-0.4, -0.2) is 43.3 Å². The normalized spacial score (nSPS) is 21.0. The van der Waals surface area contributed by atoms with Gasteiger partial charge in [0.25, 0.3) is 5.91 Å². The number of carbonyl (C=O) groups is 1. The average Bonchev–Trinajstić information content (AvgIpc) is 3.38. The van der Waals surface area contributed by atoms with Crippen molar-refractivity contribution in [1.82, 2.24) is 24.8 Å². The van der Waals surface area contributed by atoms with E-state index in [-0.39, 0.29) is 11.9 Å². The summed E-state index contributed by atoms with van der Waals surface area (Å²) in [5, 5.41) is 8.58. The van der Waals surface area contributed by atoms with Crippen molar-refractivity contribution in [1.29, 1.82) is 0 Å². The highest BCUT2D eigenvalue weighted by Crippen LogP contribution is 2.33. The average molecular weight is 357 g/mol. The van der Waals surface area contributed by atoms with E-state index in [0.29, 0.717) is 12.3 Å². The number of likely N-dealkylation sites (tertiary alicyclic amines) is 1. The molecular weight excluding hydrogens is 330 g/mol. The van der Waals surface area contributed by atoms with E-state index in [9.17, 15) is 4.79 Å². The maximum absolute atomic E-state index is 13.1. The van der Waals surface area contributed by atoms with Crippen LogP contribution in [0.1, 0.15) is 77.9 Å². The lowest BCUT2D eigenvalue weighted by Gasteiger charge is -2.24. The van der Waals surface area contributed by atoms with Gasteiger partial charge in [0.1, 0.15) is 0 Å². The first-order valence-corrected chi connectivity index (χ1v) is 9.68. The fourth-order valence-corrected chi connectivity index (χ4v) is 4.44. The molecule has 0 spiro atoms. The second-order valence-electron chi connectivity index (χ2n) is 7.70. The summed E-state index contributed by atoms with van der Waals surface area (Å²) in [6.07, 6.45) is 7.46. The van der Waals surface area contributed by atoms with Gasteiger partial charge in [-0.15, -0.1) is 0 Å². The summed E-state index contributed by atoms with van der Waals surface area (Å²) in [5.74, 6) is 2.02. The predicted molar refractivity (Wildman–Crippen MR) is 96.0 cm³/mol.